The lowest BCUT2D eigenvalue weighted by molar-refractivity contribution is -0.142. The number of carbonyl (C=O) groups is 2. The van der Waals surface area contributed by atoms with E-state index in [1.807, 2.05) is 13.8 Å². The number of carboxylic acid groups (broad SMARTS) is 1. The zero-order valence-electron chi connectivity index (χ0n) is 11.1. The van der Waals surface area contributed by atoms with Gasteiger partial charge in [-0.3, -0.25) is 9.59 Å². The number of nitrogens with two attached hydrogens (primary N) is 1. The van der Waals surface area contributed by atoms with Crippen LogP contribution in [0.1, 0.15) is 34.1 Å². The van der Waals surface area contributed by atoms with Crippen LogP contribution in [0.25, 0.3) is 0 Å². The normalized spacial score (nSPS) is 16.4. The third kappa shape index (κ3) is 6.26. The minimum atomic E-state index is -0.868. The van der Waals surface area contributed by atoms with Crippen molar-refractivity contribution < 1.29 is 14.7 Å². The van der Waals surface area contributed by atoms with Crippen molar-refractivity contribution in [2.75, 3.05) is 6.54 Å². The van der Waals surface area contributed by atoms with Crippen LogP contribution in [-0.4, -0.2) is 29.6 Å². The number of aliphatic carboxylic acids is 1. The lowest BCUT2D eigenvalue weighted by Gasteiger charge is -2.19. The van der Waals surface area contributed by atoms with E-state index in [4.69, 9.17) is 10.8 Å². The highest BCUT2D eigenvalue weighted by atomic mass is 16.4. The van der Waals surface area contributed by atoms with Gasteiger partial charge >= 0.3 is 5.97 Å². The number of hydrogen-bond acceptors (Lipinski definition) is 3. The lowest BCUT2D eigenvalue weighted by Crippen LogP contribution is -2.41. The average molecular weight is 244 g/mol. The topological polar surface area (TPSA) is 92.4 Å². The Morgan fingerprint density at radius 3 is 2.12 bits per heavy atom. The summed E-state index contributed by atoms with van der Waals surface area (Å²) in [4.78, 5) is 22.6. The average Bonchev–Trinajstić information content (AvgIpc) is 2.21. The minimum Gasteiger partial charge on any atom is -0.481 e. The Hall–Kier alpha value is -1.10. The molecule has 17 heavy (non-hydrogen) atoms. The lowest BCUT2D eigenvalue weighted by atomic mass is 9.96. The van der Waals surface area contributed by atoms with Crippen LogP contribution in [0, 0.1) is 17.8 Å². The first-order chi connectivity index (χ1) is 7.75. The Bertz CT molecular complexity index is 264. The fourth-order valence-corrected chi connectivity index (χ4v) is 1.46. The highest BCUT2D eigenvalue weighted by Crippen LogP contribution is 2.11. The molecule has 0 aliphatic rings. The standard InChI is InChI=1S/C12H24N2O3/c1-7(2)5-10(12(16)17)6-14-11(15)8(3)9(4)13/h7-10H,5-6,13H2,1-4H3,(H,14,15)(H,16,17). The molecule has 100 valence electrons. The Morgan fingerprint density at radius 2 is 1.76 bits per heavy atom. The van der Waals surface area contributed by atoms with Crippen LogP contribution in [0.5, 0.6) is 0 Å². The van der Waals surface area contributed by atoms with Gasteiger partial charge in [0.15, 0.2) is 0 Å². The zero-order valence-corrected chi connectivity index (χ0v) is 11.1. The van der Waals surface area contributed by atoms with E-state index in [0.29, 0.717) is 12.3 Å². The van der Waals surface area contributed by atoms with E-state index in [2.05, 4.69) is 5.32 Å². The molecule has 0 rings (SSSR count). The molecule has 0 aromatic carbocycles. The maximum absolute atomic E-state index is 11.6. The van der Waals surface area contributed by atoms with Gasteiger partial charge in [0.05, 0.1) is 5.92 Å². The summed E-state index contributed by atoms with van der Waals surface area (Å²) in [5, 5.41) is 11.7. The van der Waals surface area contributed by atoms with Crippen molar-refractivity contribution in [2.45, 2.75) is 40.2 Å². The largest absolute Gasteiger partial charge is 0.481 e. The monoisotopic (exact) mass is 244 g/mol. The molecule has 0 aliphatic carbocycles. The van der Waals surface area contributed by atoms with Gasteiger partial charge in [0.25, 0.3) is 0 Å². The minimum absolute atomic E-state index is 0.170. The van der Waals surface area contributed by atoms with Gasteiger partial charge in [0, 0.05) is 18.5 Å². The Kier molecular flexibility index (Phi) is 6.80. The SMILES string of the molecule is CC(C)CC(CNC(=O)C(C)C(C)N)C(=O)O. The van der Waals surface area contributed by atoms with Gasteiger partial charge in [0.2, 0.25) is 5.91 Å². The quantitative estimate of drug-likeness (QED) is 0.618. The fourth-order valence-electron chi connectivity index (χ4n) is 1.46. The predicted octanol–water partition coefficient (Wildman–Crippen LogP) is 0.833. The van der Waals surface area contributed by atoms with Crippen LogP contribution in [0.15, 0.2) is 0 Å². The van der Waals surface area contributed by atoms with E-state index < -0.39 is 11.9 Å². The molecular formula is C12H24N2O3. The summed E-state index contributed by atoms with van der Waals surface area (Å²) >= 11 is 0. The summed E-state index contributed by atoms with van der Waals surface area (Å²) in [7, 11) is 0. The molecule has 4 N–H and O–H groups in total. The molecular weight excluding hydrogens is 220 g/mol. The van der Waals surface area contributed by atoms with Crippen molar-refractivity contribution in [3.63, 3.8) is 0 Å². The number of rotatable bonds is 7. The first-order valence-electron chi connectivity index (χ1n) is 6.01. The molecule has 0 fully saturated rings. The van der Waals surface area contributed by atoms with Crippen LogP contribution in [0.3, 0.4) is 0 Å². The molecule has 0 spiro atoms. The summed E-state index contributed by atoms with van der Waals surface area (Å²) in [5.41, 5.74) is 5.61. The Labute approximate surface area is 103 Å². The van der Waals surface area contributed by atoms with Crippen molar-refractivity contribution in [3.05, 3.63) is 0 Å². The van der Waals surface area contributed by atoms with Crippen molar-refractivity contribution >= 4 is 11.9 Å². The second kappa shape index (κ2) is 7.27. The highest BCUT2D eigenvalue weighted by molar-refractivity contribution is 5.79. The molecule has 1 amide bonds. The van der Waals surface area contributed by atoms with Crippen LogP contribution in [0.2, 0.25) is 0 Å². The van der Waals surface area contributed by atoms with E-state index in [-0.39, 0.29) is 24.4 Å². The number of carbonyl (C=O) groups excluding carboxylic acids is 1. The first-order valence-corrected chi connectivity index (χ1v) is 6.01. The van der Waals surface area contributed by atoms with Gasteiger partial charge < -0.3 is 16.2 Å². The maximum atomic E-state index is 11.6. The molecule has 0 aromatic rings. The molecule has 0 aliphatic heterocycles. The van der Waals surface area contributed by atoms with Gasteiger partial charge in [-0.15, -0.1) is 0 Å². The van der Waals surface area contributed by atoms with E-state index >= 15 is 0 Å². The number of nitrogens with one attached hydrogen (secondary N) is 1. The maximum Gasteiger partial charge on any atom is 0.308 e. The zero-order chi connectivity index (χ0) is 13.6. The molecule has 3 unspecified atom stereocenters. The number of hydrogen-bond donors (Lipinski definition) is 3. The third-order valence-electron chi connectivity index (χ3n) is 2.83. The van der Waals surface area contributed by atoms with Gasteiger partial charge in [-0.25, -0.2) is 0 Å². The molecule has 0 heterocycles. The molecule has 5 heteroatoms. The summed E-state index contributed by atoms with van der Waals surface area (Å²) in [5.74, 6) is -1.59. The predicted molar refractivity (Wildman–Crippen MR) is 66.4 cm³/mol. The molecule has 0 aromatic heterocycles. The molecule has 3 atom stereocenters. The summed E-state index contributed by atoms with van der Waals surface area (Å²) in [6, 6.07) is -0.233. The molecule has 5 nitrogen and oxygen atoms in total. The van der Waals surface area contributed by atoms with Crippen LogP contribution < -0.4 is 11.1 Å². The number of carboxylic acids is 1. The van der Waals surface area contributed by atoms with E-state index in [1.165, 1.54) is 0 Å². The van der Waals surface area contributed by atoms with E-state index in [1.54, 1.807) is 13.8 Å². The van der Waals surface area contributed by atoms with Gasteiger partial charge in [-0.05, 0) is 19.3 Å². The molecule has 0 bridgehead atoms. The van der Waals surface area contributed by atoms with Crippen LogP contribution in [0.4, 0.5) is 0 Å². The van der Waals surface area contributed by atoms with Gasteiger partial charge in [-0.1, -0.05) is 20.8 Å². The smallest absolute Gasteiger partial charge is 0.308 e. The van der Waals surface area contributed by atoms with E-state index in [0.717, 1.165) is 0 Å². The first kappa shape index (κ1) is 15.9. The summed E-state index contributed by atoms with van der Waals surface area (Å²) in [6.45, 7) is 7.58. The fraction of sp³-hybridized carbons (Fsp3) is 0.833. The summed E-state index contributed by atoms with van der Waals surface area (Å²) < 4.78 is 0. The third-order valence-corrected chi connectivity index (χ3v) is 2.83. The van der Waals surface area contributed by atoms with Crippen LogP contribution >= 0.6 is 0 Å². The van der Waals surface area contributed by atoms with Crippen molar-refractivity contribution in [1.82, 2.24) is 5.32 Å². The highest BCUT2D eigenvalue weighted by Gasteiger charge is 2.22. The molecule has 0 saturated carbocycles. The molecule has 0 radical (unpaired) electrons. The van der Waals surface area contributed by atoms with Crippen molar-refractivity contribution in [3.8, 4) is 0 Å². The van der Waals surface area contributed by atoms with Gasteiger partial charge in [-0.2, -0.15) is 0 Å². The summed E-state index contributed by atoms with van der Waals surface area (Å²) in [6.07, 6.45) is 0.558. The van der Waals surface area contributed by atoms with E-state index in [9.17, 15) is 9.59 Å². The number of amides is 1. The van der Waals surface area contributed by atoms with Gasteiger partial charge in [0.1, 0.15) is 0 Å². The molecule has 0 saturated heterocycles. The van der Waals surface area contributed by atoms with Crippen molar-refractivity contribution in [1.29, 1.82) is 0 Å². The second-order valence-electron chi connectivity index (χ2n) is 5.06. The second-order valence-corrected chi connectivity index (χ2v) is 5.06. The Morgan fingerprint density at radius 1 is 1.24 bits per heavy atom. The Balaban J connectivity index is 4.22. The van der Waals surface area contributed by atoms with Crippen LogP contribution in [-0.2, 0) is 9.59 Å². The van der Waals surface area contributed by atoms with Crippen molar-refractivity contribution in [2.24, 2.45) is 23.5 Å².